The summed E-state index contributed by atoms with van der Waals surface area (Å²) in [4.78, 5) is 27.4. The zero-order chi connectivity index (χ0) is 19.6. The highest BCUT2D eigenvalue weighted by molar-refractivity contribution is 6.53. The summed E-state index contributed by atoms with van der Waals surface area (Å²) in [6, 6.07) is 9.62. The molecule has 7 heteroatoms. The Kier molecular flexibility index (Phi) is 9.11. The maximum absolute atomic E-state index is 12.7. The number of benzene rings is 1. The van der Waals surface area contributed by atoms with Crippen LogP contribution >= 0.6 is 23.2 Å². The first-order valence-electron chi connectivity index (χ1n) is 9.32. The van der Waals surface area contributed by atoms with Gasteiger partial charge in [0, 0.05) is 32.7 Å². The molecule has 27 heavy (non-hydrogen) atoms. The van der Waals surface area contributed by atoms with Crippen LogP contribution in [0.15, 0.2) is 36.4 Å². The highest BCUT2D eigenvalue weighted by atomic mass is 35.5. The van der Waals surface area contributed by atoms with Gasteiger partial charge in [-0.15, -0.1) is 0 Å². The van der Waals surface area contributed by atoms with E-state index in [-0.39, 0.29) is 5.91 Å². The van der Waals surface area contributed by atoms with Crippen molar-refractivity contribution in [2.45, 2.75) is 30.6 Å². The van der Waals surface area contributed by atoms with Crippen molar-refractivity contribution in [3.05, 3.63) is 42.0 Å². The summed E-state index contributed by atoms with van der Waals surface area (Å²) in [6.07, 6.45) is 5.62. The number of piperazine rings is 1. The number of hydrogen-bond donors (Lipinski definition) is 1. The second-order valence-corrected chi connectivity index (χ2v) is 7.69. The summed E-state index contributed by atoms with van der Waals surface area (Å²) in [6.45, 7) is 5.75. The maximum atomic E-state index is 12.7. The van der Waals surface area contributed by atoms with Crippen molar-refractivity contribution >= 4 is 41.1 Å². The molecule has 1 aliphatic heterocycles. The summed E-state index contributed by atoms with van der Waals surface area (Å²) in [7, 11) is 0. The standard InChI is InChI=1S/C20H27Cl2N3O2/c1-2-7-17(23-19(26)18(21)22)20(27)25-14-12-24(13-15-25)11-6-10-16-8-4-3-5-9-16/h3-6,8-10,17-18H,2,7,11-15H2,1H3,(H,23,26)/b10-6+. The van der Waals surface area contributed by atoms with E-state index in [1.807, 2.05) is 30.0 Å². The predicted octanol–water partition coefficient (Wildman–Crippen LogP) is 2.93. The van der Waals surface area contributed by atoms with Crippen molar-refractivity contribution in [3.63, 3.8) is 0 Å². The van der Waals surface area contributed by atoms with E-state index in [9.17, 15) is 9.59 Å². The number of nitrogens with zero attached hydrogens (tertiary/aromatic N) is 2. The second-order valence-electron chi connectivity index (χ2n) is 6.59. The van der Waals surface area contributed by atoms with E-state index in [0.29, 0.717) is 19.5 Å². The molecule has 148 valence electrons. The Morgan fingerprint density at radius 2 is 1.81 bits per heavy atom. The molecule has 1 heterocycles. The number of rotatable bonds is 8. The Hall–Kier alpha value is -1.56. The van der Waals surface area contributed by atoms with E-state index in [0.717, 1.165) is 26.1 Å². The monoisotopic (exact) mass is 411 g/mol. The van der Waals surface area contributed by atoms with Crippen LogP contribution < -0.4 is 5.32 Å². The van der Waals surface area contributed by atoms with Gasteiger partial charge in [0.15, 0.2) is 4.84 Å². The van der Waals surface area contributed by atoms with Crippen LogP contribution in [0.1, 0.15) is 25.3 Å². The third-order valence-electron chi connectivity index (χ3n) is 4.55. The molecule has 1 aromatic carbocycles. The van der Waals surface area contributed by atoms with Crippen molar-refractivity contribution in [3.8, 4) is 0 Å². The summed E-state index contributed by atoms with van der Waals surface area (Å²) >= 11 is 11.2. The first-order chi connectivity index (χ1) is 13.0. The van der Waals surface area contributed by atoms with Crippen molar-refractivity contribution in [2.75, 3.05) is 32.7 Å². The van der Waals surface area contributed by atoms with Gasteiger partial charge in [0.25, 0.3) is 5.91 Å². The molecular formula is C20H27Cl2N3O2. The fourth-order valence-corrected chi connectivity index (χ4v) is 3.18. The number of alkyl halides is 2. The van der Waals surface area contributed by atoms with Crippen molar-refractivity contribution < 1.29 is 9.59 Å². The van der Waals surface area contributed by atoms with E-state index in [1.54, 1.807) is 0 Å². The van der Waals surface area contributed by atoms with Crippen LogP contribution in [0.4, 0.5) is 0 Å². The van der Waals surface area contributed by atoms with Crippen LogP contribution in [0.5, 0.6) is 0 Å². The van der Waals surface area contributed by atoms with Gasteiger partial charge in [-0.05, 0) is 12.0 Å². The fraction of sp³-hybridized carbons (Fsp3) is 0.500. The molecule has 1 fully saturated rings. The number of halogens is 2. The van der Waals surface area contributed by atoms with Crippen molar-refractivity contribution in [1.29, 1.82) is 0 Å². The Labute approximate surface area is 171 Å². The molecule has 2 rings (SSSR count). The topological polar surface area (TPSA) is 52.7 Å². The Balaban J connectivity index is 1.81. The molecule has 5 nitrogen and oxygen atoms in total. The number of carbonyl (C=O) groups is 2. The molecule has 1 unspecified atom stereocenters. The van der Waals surface area contributed by atoms with Gasteiger partial charge >= 0.3 is 0 Å². The summed E-state index contributed by atoms with van der Waals surface area (Å²) in [5, 5.41) is 2.66. The molecular weight excluding hydrogens is 385 g/mol. The van der Waals surface area contributed by atoms with E-state index < -0.39 is 16.8 Å². The summed E-state index contributed by atoms with van der Waals surface area (Å²) < 4.78 is 0. The molecule has 0 aromatic heterocycles. The molecule has 1 saturated heterocycles. The maximum Gasteiger partial charge on any atom is 0.253 e. The van der Waals surface area contributed by atoms with E-state index >= 15 is 0 Å². The normalized spacial score (nSPS) is 16.7. The number of nitrogens with one attached hydrogen (secondary N) is 1. The first kappa shape index (κ1) is 21.7. The lowest BCUT2D eigenvalue weighted by atomic mass is 10.1. The Bertz CT molecular complexity index is 629. The van der Waals surface area contributed by atoms with Gasteiger partial charge in [0.05, 0.1) is 0 Å². The van der Waals surface area contributed by atoms with Crippen molar-refractivity contribution in [2.24, 2.45) is 0 Å². The van der Waals surface area contributed by atoms with Gasteiger partial charge in [0.1, 0.15) is 6.04 Å². The van der Waals surface area contributed by atoms with Crippen molar-refractivity contribution in [1.82, 2.24) is 15.1 Å². The lowest BCUT2D eigenvalue weighted by molar-refractivity contribution is -0.137. The Morgan fingerprint density at radius 1 is 1.15 bits per heavy atom. The zero-order valence-electron chi connectivity index (χ0n) is 15.6. The molecule has 1 aliphatic rings. The fourth-order valence-electron chi connectivity index (χ4n) is 3.05. The number of carbonyl (C=O) groups excluding carboxylic acids is 2. The van der Waals surface area contributed by atoms with E-state index in [1.165, 1.54) is 5.56 Å². The van der Waals surface area contributed by atoms with E-state index in [4.69, 9.17) is 23.2 Å². The van der Waals surface area contributed by atoms with E-state index in [2.05, 4.69) is 34.5 Å². The first-order valence-corrected chi connectivity index (χ1v) is 10.2. The smallest absolute Gasteiger partial charge is 0.253 e. The van der Waals surface area contributed by atoms with Crippen LogP contribution in [0.2, 0.25) is 0 Å². The third kappa shape index (κ3) is 7.17. The third-order valence-corrected chi connectivity index (χ3v) is 4.94. The minimum Gasteiger partial charge on any atom is -0.342 e. The average Bonchev–Trinajstić information content (AvgIpc) is 2.68. The van der Waals surface area contributed by atoms with Crippen LogP contribution in [-0.4, -0.2) is 65.2 Å². The molecule has 2 amide bonds. The number of amides is 2. The van der Waals surface area contributed by atoms with Crippen LogP contribution in [0.25, 0.3) is 6.08 Å². The SMILES string of the molecule is CCCC(NC(=O)C(Cl)Cl)C(=O)N1CCN(C/C=C/c2ccccc2)CC1. The van der Waals surface area contributed by atoms with Gasteiger partial charge in [0.2, 0.25) is 5.91 Å². The van der Waals surface area contributed by atoms with Gasteiger partial charge in [-0.2, -0.15) is 0 Å². The van der Waals surface area contributed by atoms with Gasteiger partial charge in [-0.3, -0.25) is 14.5 Å². The van der Waals surface area contributed by atoms with Gasteiger partial charge in [-0.1, -0.05) is 79.0 Å². The molecule has 1 N–H and O–H groups in total. The predicted molar refractivity (Wildman–Crippen MR) is 111 cm³/mol. The lowest BCUT2D eigenvalue weighted by Crippen LogP contribution is -2.55. The molecule has 1 aromatic rings. The molecule has 1 atom stereocenters. The molecule has 0 radical (unpaired) electrons. The van der Waals surface area contributed by atoms with Crippen LogP contribution in [0, 0.1) is 0 Å². The minimum atomic E-state index is -1.16. The lowest BCUT2D eigenvalue weighted by Gasteiger charge is -2.36. The largest absolute Gasteiger partial charge is 0.342 e. The quantitative estimate of drug-likeness (QED) is 0.668. The minimum absolute atomic E-state index is 0.0568. The molecule has 0 saturated carbocycles. The highest BCUT2D eigenvalue weighted by Gasteiger charge is 2.28. The average molecular weight is 412 g/mol. The van der Waals surface area contributed by atoms with Crippen LogP contribution in [-0.2, 0) is 9.59 Å². The Morgan fingerprint density at radius 3 is 2.41 bits per heavy atom. The van der Waals surface area contributed by atoms with Gasteiger partial charge in [-0.25, -0.2) is 0 Å². The highest BCUT2D eigenvalue weighted by Crippen LogP contribution is 2.10. The van der Waals surface area contributed by atoms with Crippen LogP contribution in [0.3, 0.4) is 0 Å². The molecule has 0 aliphatic carbocycles. The summed E-state index contributed by atoms with van der Waals surface area (Å²) in [5.74, 6) is -0.575. The second kappa shape index (κ2) is 11.3. The summed E-state index contributed by atoms with van der Waals surface area (Å²) in [5.41, 5.74) is 1.18. The number of hydrogen-bond acceptors (Lipinski definition) is 3. The molecule has 0 spiro atoms. The zero-order valence-corrected chi connectivity index (χ0v) is 17.1. The van der Waals surface area contributed by atoms with Gasteiger partial charge < -0.3 is 10.2 Å². The molecule has 0 bridgehead atoms.